The maximum Gasteiger partial charge on any atom is 0.337 e. The highest BCUT2D eigenvalue weighted by Gasteiger charge is 2.31. The first-order valence-corrected chi connectivity index (χ1v) is 11.0. The molecule has 11 nitrogen and oxygen atoms in total. The summed E-state index contributed by atoms with van der Waals surface area (Å²) in [5.74, 6) is -5.39. The lowest BCUT2D eigenvalue weighted by atomic mass is 9.86. The molecule has 0 amide bonds. The summed E-state index contributed by atoms with van der Waals surface area (Å²) in [6.07, 6.45) is 0. The number of hydrogen-bond acceptors (Lipinski definition) is 8. The van der Waals surface area contributed by atoms with Crippen molar-refractivity contribution in [2.45, 2.75) is 13.8 Å². The third kappa shape index (κ3) is 4.27. The van der Waals surface area contributed by atoms with Crippen LogP contribution in [0.1, 0.15) is 44.9 Å². The maximum absolute atomic E-state index is 12.6. The molecule has 2 aromatic rings. The van der Waals surface area contributed by atoms with E-state index in [0.717, 1.165) is 12.1 Å². The first-order valence-electron chi connectivity index (χ1n) is 11.0. The number of ether oxygens (including phenoxy) is 2. The number of rotatable bonds is 8. The van der Waals surface area contributed by atoms with Gasteiger partial charge in [-0.2, -0.15) is 0 Å². The Morgan fingerprint density at radius 2 is 1.46 bits per heavy atom. The lowest BCUT2D eigenvalue weighted by Gasteiger charge is -2.20. The van der Waals surface area contributed by atoms with E-state index >= 15 is 0 Å². The van der Waals surface area contributed by atoms with Gasteiger partial charge in [-0.1, -0.05) is 6.07 Å². The molecule has 1 aliphatic carbocycles. The normalized spacial score (nSPS) is 11.0. The quantitative estimate of drug-likeness (QED) is 0.251. The summed E-state index contributed by atoms with van der Waals surface area (Å²) in [6.45, 7) is 3.69. The third-order valence-electron chi connectivity index (χ3n) is 5.60. The number of hydrogen-bond donors (Lipinski definition) is 4. The van der Waals surface area contributed by atoms with Gasteiger partial charge in [0.2, 0.25) is 5.43 Å². The van der Waals surface area contributed by atoms with Gasteiger partial charge in [0, 0.05) is 28.6 Å². The van der Waals surface area contributed by atoms with Crippen LogP contribution in [-0.2, 0) is 0 Å². The Hall–Kier alpha value is -5.06. The van der Waals surface area contributed by atoms with Gasteiger partial charge in [0.15, 0.2) is 17.2 Å². The Bertz CT molecular complexity index is 1610. The van der Waals surface area contributed by atoms with E-state index < -0.39 is 40.0 Å². The van der Waals surface area contributed by atoms with E-state index in [1.807, 2.05) is 0 Å². The monoisotopic (exact) mass is 508 g/mol. The van der Waals surface area contributed by atoms with Crippen molar-refractivity contribution in [1.82, 2.24) is 0 Å². The summed E-state index contributed by atoms with van der Waals surface area (Å²) in [7, 11) is 0. The van der Waals surface area contributed by atoms with Crippen molar-refractivity contribution < 1.29 is 48.7 Å². The van der Waals surface area contributed by atoms with Gasteiger partial charge < -0.3 is 34.3 Å². The number of carboxylic acid groups (broad SMARTS) is 3. The van der Waals surface area contributed by atoms with Crippen molar-refractivity contribution in [2.75, 3.05) is 13.2 Å². The molecule has 1 heterocycles. The number of phenolic OH excluding ortho intramolecular Hbond substituents is 1. The van der Waals surface area contributed by atoms with Crippen LogP contribution in [0.25, 0.3) is 33.4 Å². The second-order valence-electron chi connectivity index (χ2n) is 7.78. The fourth-order valence-corrected chi connectivity index (χ4v) is 4.18. The zero-order valence-electron chi connectivity index (χ0n) is 19.5. The van der Waals surface area contributed by atoms with E-state index in [1.165, 1.54) is 24.3 Å². The molecule has 11 heteroatoms. The van der Waals surface area contributed by atoms with Gasteiger partial charge in [-0.05, 0) is 37.6 Å². The zero-order chi connectivity index (χ0) is 27.0. The number of aromatic hydroxyl groups is 1. The molecule has 190 valence electrons. The van der Waals surface area contributed by atoms with Crippen molar-refractivity contribution >= 4 is 28.9 Å². The Labute approximate surface area is 208 Å². The Morgan fingerprint density at radius 3 is 2.05 bits per heavy atom. The number of fused-ring (bicyclic) bond motifs is 2. The lowest BCUT2D eigenvalue weighted by Crippen LogP contribution is -2.16. The summed E-state index contributed by atoms with van der Waals surface area (Å²) >= 11 is 0. The molecular formula is C26H20O11. The molecule has 37 heavy (non-hydrogen) atoms. The summed E-state index contributed by atoms with van der Waals surface area (Å²) in [4.78, 5) is 48.7. The first-order chi connectivity index (χ1) is 17.6. The highest BCUT2D eigenvalue weighted by molar-refractivity contribution is 6.15. The van der Waals surface area contributed by atoms with Gasteiger partial charge in [-0.15, -0.1) is 0 Å². The molecule has 4 rings (SSSR count). The molecule has 0 unspecified atom stereocenters. The van der Waals surface area contributed by atoms with Crippen LogP contribution in [0.4, 0.5) is 0 Å². The topological polar surface area (TPSA) is 181 Å². The Morgan fingerprint density at radius 1 is 0.811 bits per heavy atom. The van der Waals surface area contributed by atoms with Crippen LogP contribution in [0, 0.1) is 0 Å². The van der Waals surface area contributed by atoms with Crippen LogP contribution in [0.2, 0.25) is 0 Å². The highest BCUT2D eigenvalue weighted by atomic mass is 16.5. The molecule has 0 saturated heterocycles. The average Bonchev–Trinajstić information content (AvgIpc) is 2.83. The number of carboxylic acids is 3. The van der Waals surface area contributed by atoms with E-state index in [9.17, 15) is 39.6 Å². The first kappa shape index (κ1) is 25.0. The van der Waals surface area contributed by atoms with Crippen LogP contribution < -0.4 is 14.9 Å². The third-order valence-corrected chi connectivity index (χ3v) is 5.60. The largest absolute Gasteiger partial charge is 0.504 e. The van der Waals surface area contributed by atoms with Crippen molar-refractivity contribution in [3.05, 3.63) is 63.3 Å². The van der Waals surface area contributed by atoms with E-state index in [2.05, 4.69) is 0 Å². The second kappa shape index (κ2) is 9.53. The number of carbonyl (C=O) groups is 3. The lowest BCUT2D eigenvalue weighted by molar-refractivity contribution is 0.0633. The molecule has 2 aromatic carbocycles. The highest BCUT2D eigenvalue weighted by Crippen LogP contribution is 2.46. The predicted octanol–water partition coefficient (Wildman–Crippen LogP) is 4.16. The minimum Gasteiger partial charge on any atom is -0.504 e. The zero-order valence-corrected chi connectivity index (χ0v) is 19.5. The van der Waals surface area contributed by atoms with Gasteiger partial charge >= 0.3 is 17.9 Å². The van der Waals surface area contributed by atoms with Crippen LogP contribution in [-0.4, -0.2) is 51.5 Å². The molecule has 2 aliphatic rings. The van der Waals surface area contributed by atoms with E-state index in [1.54, 1.807) is 13.8 Å². The number of benzene rings is 3. The van der Waals surface area contributed by atoms with Gasteiger partial charge in [0.1, 0.15) is 11.3 Å². The van der Waals surface area contributed by atoms with E-state index in [-0.39, 0.29) is 63.9 Å². The molecule has 0 saturated carbocycles. The summed E-state index contributed by atoms with van der Waals surface area (Å²) in [6, 6.07) is 7.23. The number of aromatic carboxylic acids is 3. The van der Waals surface area contributed by atoms with Gasteiger partial charge in [-0.3, -0.25) is 4.79 Å². The maximum atomic E-state index is 12.6. The minimum atomic E-state index is -1.75. The molecule has 0 fully saturated rings. The van der Waals surface area contributed by atoms with E-state index in [4.69, 9.17) is 13.9 Å². The number of phenols is 1. The second-order valence-corrected chi connectivity index (χ2v) is 7.78. The van der Waals surface area contributed by atoms with Crippen LogP contribution in [0.15, 0.2) is 45.6 Å². The summed E-state index contributed by atoms with van der Waals surface area (Å²) in [5, 5.41) is 39.9. The predicted molar refractivity (Wildman–Crippen MR) is 129 cm³/mol. The van der Waals surface area contributed by atoms with Gasteiger partial charge in [-0.25, -0.2) is 14.4 Å². The van der Waals surface area contributed by atoms with Gasteiger partial charge in [0.05, 0.1) is 29.9 Å². The molecule has 0 aromatic heterocycles. The molecule has 0 spiro atoms. The molecule has 0 radical (unpaired) electrons. The molecule has 0 atom stereocenters. The van der Waals surface area contributed by atoms with Crippen LogP contribution in [0.3, 0.4) is 0 Å². The van der Waals surface area contributed by atoms with Gasteiger partial charge in [0.25, 0.3) is 0 Å². The van der Waals surface area contributed by atoms with E-state index in [0.29, 0.717) is 0 Å². The van der Waals surface area contributed by atoms with Crippen molar-refractivity contribution in [2.24, 2.45) is 0 Å². The fraction of sp³-hybridized carbons (Fsp3) is 0.154. The standard InChI is InChI=1S/C26H20O11/c1-3-35-19-7-13-17(9-15(19)27)37-18-10-16(28)20(36-4-2)8-14(18)21(13)11-5-6-12(24(29)30)23(26(33)34)22(11)25(31)32/h5-10,27H,3-4H2,1-2H3,(H,29,30)(H,31,32)(H,33,34). The SMILES string of the molecule is CCOc1cc2c(-c3ccc(C(=O)O)c(C(=O)O)c3C(=O)O)c3cc(OCC)c(=O)cc-3oc2cc1O. The Kier molecular flexibility index (Phi) is 6.45. The fourth-order valence-electron chi connectivity index (χ4n) is 4.18. The van der Waals surface area contributed by atoms with Crippen LogP contribution in [0.5, 0.6) is 17.2 Å². The smallest absolute Gasteiger partial charge is 0.337 e. The van der Waals surface area contributed by atoms with Crippen molar-refractivity contribution in [1.29, 1.82) is 0 Å². The van der Waals surface area contributed by atoms with Crippen molar-refractivity contribution in [3.8, 4) is 39.7 Å². The Balaban J connectivity index is 2.28. The van der Waals surface area contributed by atoms with Crippen LogP contribution >= 0.6 is 0 Å². The summed E-state index contributed by atoms with van der Waals surface area (Å²) < 4.78 is 16.7. The average molecular weight is 508 g/mol. The minimum absolute atomic E-state index is 0.00459. The van der Waals surface area contributed by atoms with Crippen molar-refractivity contribution in [3.63, 3.8) is 0 Å². The molecule has 4 N–H and O–H groups in total. The molecular weight excluding hydrogens is 488 g/mol. The molecule has 0 bridgehead atoms. The summed E-state index contributed by atoms with van der Waals surface area (Å²) in [5.41, 5.74) is -2.78. The molecule has 1 aliphatic heterocycles.